The smallest absolute Gasteiger partial charge is 0.170 e. The van der Waals surface area contributed by atoms with E-state index in [2.05, 4.69) is 76.2 Å². The molecule has 0 saturated carbocycles. The maximum Gasteiger partial charge on any atom is 0.170 e. The number of pyridine rings is 1. The third kappa shape index (κ3) is 3.98. The first kappa shape index (κ1) is 20.6. The Hall–Kier alpha value is -2.70. The highest BCUT2D eigenvalue weighted by atomic mass is 32.1. The van der Waals surface area contributed by atoms with Crippen LogP contribution in [0.1, 0.15) is 41.0 Å². The van der Waals surface area contributed by atoms with Gasteiger partial charge in [0.2, 0.25) is 0 Å². The largest absolute Gasteiger partial charge is 0.385 e. The Morgan fingerprint density at radius 3 is 2.70 bits per heavy atom. The number of hydrogen-bond donors (Lipinski definition) is 1. The van der Waals surface area contributed by atoms with Crippen molar-refractivity contribution in [1.29, 1.82) is 0 Å². The highest BCUT2D eigenvalue weighted by molar-refractivity contribution is 7.80. The van der Waals surface area contributed by atoms with Crippen LogP contribution in [-0.4, -0.2) is 39.8 Å². The van der Waals surface area contributed by atoms with Crippen molar-refractivity contribution in [2.24, 2.45) is 0 Å². The van der Waals surface area contributed by atoms with Crippen LogP contribution in [0.3, 0.4) is 0 Å². The van der Waals surface area contributed by atoms with Crippen molar-refractivity contribution in [2.75, 3.05) is 20.3 Å². The summed E-state index contributed by atoms with van der Waals surface area (Å²) in [5, 5.41) is 4.29. The molecule has 5 nitrogen and oxygen atoms in total. The van der Waals surface area contributed by atoms with Crippen molar-refractivity contribution in [3.05, 3.63) is 83.4 Å². The highest BCUT2D eigenvalue weighted by Gasteiger charge is 2.40. The molecule has 6 heteroatoms. The van der Waals surface area contributed by atoms with Crippen LogP contribution in [-0.2, 0) is 4.74 Å². The summed E-state index contributed by atoms with van der Waals surface area (Å²) >= 11 is 5.75. The Morgan fingerprint density at radius 1 is 1.10 bits per heavy atom. The minimum atomic E-state index is -0.0126. The van der Waals surface area contributed by atoms with Gasteiger partial charge >= 0.3 is 0 Å². The van der Waals surface area contributed by atoms with Crippen LogP contribution in [0.5, 0.6) is 0 Å². The fourth-order valence-electron chi connectivity index (χ4n) is 4.09. The maximum absolute atomic E-state index is 5.75. The van der Waals surface area contributed by atoms with Gasteiger partial charge in [-0.05, 0) is 80.0 Å². The fraction of sp³-hybridized carbons (Fsp3) is 0.333. The predicted molar refractivity (Wildman–Crippen MR) is 124 cm³/mol. The third-order valence-electron chi connectivity index (χ3n) is 5.80. The number of benzene rings is 1. The lowest BCUT2D eigenvalue weighted by Crippen LogP contribution is -2.32. The molecule has 0 spiro atoms. The van der Waals surface area contributed by atoms with E-state index in [-0.39, 0.29) is 12.1 Å². The van der Waals surface area contributed by atoms with Crippen LogP contribution in [0.4, 0.5) is 0 Å². The molecule has 0 bridgehead atoms. The Kier molecular flexibility index (Phi) is 6.16. The number of thiocarbonyl (C=S) groups is 1. The van der Waals surface area contributed by atoms with Crippen molar-refractivity contribution in [1.82, 2.24) is 19.8 Å². The molecule has 0 unspecified atom stereocenters. The first-order valence-electron chi connectivity index (χ1n) is 10.3. The average Bonchev–Trinajstić information content (AvgIpc) is 3.35. The van der Waals surface area contributed by atoms with Crippen molar-refractivity contribution >= 4 is 17.3 Å². The number of nitrogens with zero attached hydrogens (tertiary/aromatic N) is 3. The van der Waals surface area contributed by atoms with Gasteiger partial charge in [0.25, 0.3) is 0 Å². The lowest BCUT2D eigenvalue weighted by molar-refractivity contribution is 0.180. The summed E-state index contributed by atoms with van der Waals surface area (Å²) in [6.07, 6.45) is 4.88. The van der Waals surface area contributed by atoms with Crippen molar-refractivity contribution < 1.29 is 4.74 Å². The number of nitrogens with one attached hydrogen (secondary N) is 1. The van der Waals surface area contributed by atoms with Gasteiger partial charge in [-0.15, -0.1) is 0 Å². The van der Waals surface area contributed by atoms with Crippen LogP contribution in [0.25, 0.3) is 5.69 Å². The number of methoxy groups -OCH3 is 1. The molecule has 2 aromatic heterocycles. The number of aryl methyl sites for hydroxylation is 2. The molecule has 1 saturated heterocycles. The lowest BCUT2D eigenvalue weighted by atomic mass is 10.0. The highest BCUT2D eigenvalue weighted by Crippen LogP contribution is 2.39. The predicted octanol–water partition coefficient (Wildman–Crippen LogP) is 4.50. The topological polar surface area (TPSA) is 42.3 Å². The van der Waals surface area contributed by atoms with Gasteiger partial charge in [0.05, 0.1) is 17.8 Å². The summed E-state index contributed by atoms with van der Waals surface area (Å²) in [5.41, 5.74) is 5.92. The molecule has 3 aromatic rings. The normalized spacial score (nSPS) is 18.6. The number of ether oxygens (including phenoxy) is 1. The Morgan fingerprint density at radius 2 is 1.97 bits per heavy atom. The molecule has 156 valence electrons. The van der Waals surface area contributed by atoms with Crippen LogP contribution in [0, 0.1) is 13.8 Å². The summed E-state index contributed by atoms with van der Waals surface area (Å²) in [4.78, 5) is 6.91. The summed E-state index contributed by atoms with van der Waals surface area (Å²) < 4.78 is 7.55. The van der Waals surface area contributed by atoms with E-state index >= 15 is 0 Å². The molecule has 4 rings (SSSR count). The summed E-state index contributed by atoms with van der Waals surface area (Å²) in [5.74, 6) is 0. The number of aromatic nitrogens is 2. The summed E-state index contributed by atoms with van der Waals surface area (Å²) in [6.45, 7) is 5.83. The van der Waals surface area contributed by atoms with E-state index in [9.17, 15) is 0 Å². The zero-order chi connectivity index (χ0) is 21.1. The standard InChI is InChI=1S/C24H28N4OS/c1-17-10-11-19(16-18(17)2)27-13-6-9-21(27)23-22(20-8-4-5-12-25-20)26-24(30)28(23)14-7-15-29-3/h4-6,8-13,16,22-23H,7,14-15H2,1-3H3,(H,26,30)/t22-,23-/m0/s1. The SMILES string of the molecule is COCCCN1C(=S)N[C@@H](c2ccccn2)[C@@H]1c1cccn1-c1ccc(C)c(C)c1. The second-order valence-electron chi connectivity index (χ2n) is 7.74. The van der Waals surface area contributed by atoms with E-state index in [0.717, 1.165) is 29.5 Å². The molecule has 3 heterocycles. The lowest BCUT2D eigenvalue weighted by Gasteiger charge is -2.29. The van der Waals surface area contributed by atoms with Crippen molar-refractivity contribution in [3.8, 4) is 5.69 Å². The van der Waals surface area contributed by atoms with E-state index < -0.39 is 0 Å². The minimum Gasteiger partial charge on any atom is -0.385 e. The quantitative estimate of drug-likeness (QED) is 0.450. The number of hydrogen-bond acceptors (Lipinski definition) is 3. The second-order valence-corrected chi connectivity index (χ2v) is 8.12. The van der Waals surface area contributed by atoms with E-state index in [1.54, 1.807) is 7.11 Å². The second kappa shape index (κ2) is 8.98. The third-order valence-corrected chi connectivity index (χ3v) is 6.15. The van der Waals surface area contributed by atoms with E-state index in [1.807, 2.05) is 18.3 Å². The maximum atomic E-state index is 5.75. The van der Waals surface area contributed by atoms with Gasteiger partial charge in [-0.1, -0.05) is 12.1 Å². The van der Waals surface area contributed by atoms with Crippen molar-refractivity contribution in [2.45, 2.75) is 32.4 Å². The molecule has 2 atom stereocenters. The van der Waals surface area contributed by atoms with Gasteiger partial charge in [-0.25, -0.2) is 0 Å². The van der Waals surface area contributed by atoms with Crippen LogP contribution in [0.15, 0.2) is 60.9 Å². The fourth-order valence-corrected chi connectivity index (χ4v) is 4.42. The molecular weight excluding hydrogens is 392 g/mol. The molecule has 1 aliphatic heterocycles. The molecule has 1 fully saturated rings. The molecule has 1 aliphatic rings. The average molecular weight is 421 g/mol. The molecule has 1 aromatic carbocycles. The Bertz CT molecular complexity index is 1020. The first-order valence-corrected chi connectivity index (χ1v) is 10.7. The summed E-state index contributed by atoms with van der Waals surface area (Å²) in [6, 6.07) is 17.0. The van der Waals surface area contributed by atoms with Gasteiger partial charge in [0.1, 0.15) is 0 Å². The van der Waals surface area contributed by atoms with E-state index in [4.69, 9.17) is 17.0 Å². The molecule has 0 radical (unpaired) electrons. The van der Waals surface area contributed by atoms with Gasteiger partial charge < -0.3 is 19.5 Å². The number of rotatable bonds is 7. The Labute approximate surface area is 183 Å². The van der Waals surface area contributed by atoms with Crippen molar-refractivity contribution in [3.63, 3.8) is 0 Å². The minimum absolute atomic E-state index is 0.0126. The summed E-state index contributed by atoms with van der Waals surface area (Å²) in [7, 11) is 1.74. The molecule has 0 amide bonds. The Balaban J connectivity index is 1.76. The molecule has 1 N–H and O–H groups in total. The molecule has 30 heavy (non-hydrogen) atoms. The monoisotopic (exact) mass is 420 g/mol. The van der Waals surface area contributed by atoms with Gasteiger partial charge in [0.15, 0.2) is 5.11 Å². The molecular formula is C24H28N4OS. The van der Waals surface area contributed by atoms with E-state index in [0.29, 0.717) is 6.61 Å². The van der Waals surface area contributed by atoms with Crippen LogP contribution in [0.2, 0.25) is 0 Å². The van der Waals surface area contributed by atoms with Gasteiger partial charge in [-0.3, -0.25) is 4.98 Å². The van der Waals surface area contributed by atoms with Crippen LogP contribution >= 0.6 is 12.2 Å². The van der Waals surface area contributed by atoms with Crippen LogP contribution < -0.4 is 5.32 Å². The van der Waals surface area contributed by atoms with Gasteiger partial charge in [0, 0.05) is 44.0 Å². The molecule has 0 aliphatic carbocycles. The zero-order valence-electron chi connectivity index (χ0n) is 17.7. The first-order chi connectivity index (χ1) is 14.6. The van der Waals surface area contributed by atoms with Gasteiger partial charge in [-0.2, -0.15) is 0 Å². The van der Waals surface area contributed by atoms with E-state index in [1.165, 1.54) is 16.8 Å². The zero-order valence-corrected chi connectivity index (χ0v) is 18.5.